The summed E-state index contributed by atoms with van der Waals surface area (Å²) in [5.74, 6) is -0.198. The summed E-state index contributed by atoms with van der Waals surface area (Å²) in [5, 5.41) is 0.889. The van der Waals surface area contributed by atoms with E-state index in [4.69, 9.17) is 27.9 Å². The van der Waals surface area contributed by atoms with E-state index in [-0.39, 0.29) is 18.6 Å². The maximum atomic E-state index is 12.5. The second-order valence-electron chi connectivity index (χ2n) is 6.07. The number of carbonyl (C=O) groups excluding carboxylic acids is 1. The van der Waals surface area contributed by atoms with E-state index in [0.717, 1.165) is 36.9 Å². The SMILES string of the molecule is O=C(OCc1ccc(Cl)nc1)C1CCCCN1Cc1ccc(Cl)nc1. The molecule has 1 unspecified atom stereocenters. The summed E-state index contributed by atoms with van der Waals surface area (Å²) in [6.07, 6.45) is 6.27. The van der Waals surface area contributed by atoms with Gasteiger partial charge in [0.05, 0.1) is 0 Å². The number of esters is 1. The van der Waals surface area contributed by atoms with Crippen molar-refractivity contribution in [3.05, 3.63) is 58.1 Å². The van der Waals surface area contributed by atoms with Crippen molar-refractivity contribution in [1.29, 1.82) is 0 Å². The fourth-order valence-corrected chi connectivity index (χ4v) is 3.15. The smallest absolute Gasteiger partial charge is 0.323 e. The molecule has 1 fully saturated rings. The summed E-state index contributed by atoms with van der Waals surface area (Å²) < 4.78 is 5.49. The molecule has 25 heavy (non-hydrogen) atoms. The fourth-order valence-electron chi connectivity index (χ4n) is 2.92. The van der Waals surface area contributed by atoms with Gasteiger partial charge in [-0.2, -0.15) is 0 Å². The van der Waals surface area contributed by atoms with Gasteiger partial charge in [0.1, 0.15) is 23.0 Å². The van der Waals surface area contributed by atoms with E-state index in [0.29, 0.717) is 16.9 Å². The zero-order valence-corrected chi connectivity index (χ0v) is 15.2. The Kier molecular flexibility index (Phi) is 6.24. The second-order valence-corrected chi connectivity index (χ2v) is 6.84. The second kappa shape index (κ2) is 8.61. The molecule has 1 atom stereocenters. The minimum atomic E-state index is -0.232. The maximum Gasteiger partial charge on any atom is 0.323 e. The summed E-state index contributed by atoms with van der Waals surface area (Å²) >= 11 is 11.6. The number of piperidine rings is 1. The van der Waals surface area contributed by atoms with Gasteiger partial charge in [-0.15, -0.1) is 0 Å². The Morgan fingerprint density at radius 2 is 1.76 bits per heavy atom. The first-order valence-corrected chi connectivity index (χ1v) is 8.99. The van der Waals surface area contributed by atoms with Crippen molar-refractivity contribution in [2.75, 3.05) is 6.54 Å². The molecule has 0 radical (unpaired) electrons. The van der Waals surface area contributed by atoms with Gasteiger partial charge < -0.3 is 4.74 Å². The highest BCUT2D eigenvalue weighted by atomic mass is 35.5. The van der Waals surface area contributed by atoms with Gasteiger partial charge in [0, 0.05) is 24.5 Å². The zero-order valence-electron chi connectivity index (χ0n) is 13.7. The predicted octanol–water partition coefficient (Wildman–Crippen LogP) is 3.88. The molecular formula is C18H19Cl2N3O2. The first-order chi connectivity index (χ1) is 12.1. The largest absolute Gasteiger partial charge is 0.460 e. The first-order valence-electron chi connectivity index (χ1n) is 8.23. The fraction of sp³-hybridized carbons (Fsp3) is 0.389. The highest BCUT2D eigenvalue weighted by molar-refractivity contribution is 6.29. The van der Waals surface area contributed by atoms with Gasteiger partial charge in [-0.3, -0.25) is 9.69 Å². The van der Waals surface area contributed by atoms with Gasteiger partial charge in [0.15, 0.2) is 0 Å². The van der Waals surface area contributed by atoms with Gasteiger partial charge in [0.2, 0.25) is 0 Å². The van der Waals surface area contributed by atoms with Crippen molar-refractivity contribution < 1.29 is 9.53 Å². The monoisotopic (exact) mass is 379 g/mol. The number of ether oxygens (including phenoxy) is 1. The molecule has 132 valence electrons. The van der Waals surface area contributed by atoms with Crippen LogP contribution in [0.2, 0.25) is 10.3 Å². The van der Waals surface area contributed by atoms with Crippen LogP contribution < -0.4 is 0 Å². The van der Waals surface area contributed by atoms with Crippen LogP contribution in [0, 0.1) is 0 Å². The van der Waals surface area contributed by atoms with Crippen molar-refractivity contribution >= 4 is 29.2 Å². The summed E-state index contributed by atoms with van der Waals surface area (Å²) in [4.78, 5) is 22.8. The summed E-state index contributed by atoms with van der Waals surface area (Å²) in [5.41, 5.74) is 1.85. The first kappa shape index (κ1) is 18.1. The number of hydrogen-bond donors (Lipinski definition) is 0. The van der Waals surface area contributed by atoms with E-state index in [2.05, 4.69) is 14.9 Å². The van der Waals surface area contributed by atoms with Gasteiger partial charge in [-0.25, -0.2) is 9.97 Å². The number of pyridine rings is 2. The number of rotatable bonds is 5. The van der Waals surface area contributed by atoms with E-state index in [1.54, 1.807) is 30.6 Å². The van der Waals surface area contributed by atoms with Crippen molar-refractivity contribution in [3.63, 3.8) is 0 Å². The van der Waals surface area contributed by atoms with Crippen molar-refractivity contribution in [2.24, 2.45) is 0 Å². The topological polar surface area (TPSA) is 55.3 Å². The molecule has 0 amide bonds. The van der Waals surface area contributed by atoms with Crippen LogP contribution in [-0.4, -0.2) is 33.4 Å². The third kappa shape index (κ3) is 5.14. The van der Waals surface area contributed by atoms with Crippen LogP contribution in [0.5, 0.6) is 0 Å². The molecular weight excluding hydrogens is 361 g/mol. The molecule has 0 N–H and O–H groups in total. The molecule has 2 aromatic heterocycles. The molecule has 1 saturated heterocycles. The van der Waals surface area contributed by atoms with Crippen molar-refractivity contribution in [2.45, 2.75) is 38.5 Å². The molecule has 0 bridgehead atoms. The minimum Gasteiger partial charge on any atom is -0.460 e. The van der Waals surface area contributed by atoms with E-state index in [1.165, 1.54) is 0 Å². The van der Waals surface area contributed by atoms with Crippen LogP contribution in [0.3, 0.4) is 0 Å². The van der Waals surface area contributed by atoms with Gasteiger partial charge in [-0.1, -0.05) is 41.8 Å². The lowest BCUT2D eigenvalue weighted by Gasteiger charge is -2.33. The van der Waals surface area contributed by atoms with E-state index < -0.39 is 0 Å². The average molecular weight is 380 g/mol. The minimum absolute atomic E-state index is 0.198. The number of likely N-dealkylation sites (tertiary alicyclic amines) is 1. The number of halogens is 2. The summed E-state index contributed by atoms with van der Waals surface area (Å²) in [6.45, 7) is 1.73. The average Bonchev–Trinajstić information content (AvgIpc) is 2.63. The Balaban J connectivity index is 1.60. The molecule has 3 heterocycles. The molecule has 1 aliphatic rings. The molecule has 0 spiro atoms. The third-order valence-electron chi connectivity index (χ3n) is 4.23. The van der Waals surface area contributed by atoms with Gasteiger partial charge in [0.25, 0.3) is 0 Å². The van der Waals surface area contributed by atoms with E-state index >= 15 is 0 Å². The van der Waals surface area contributed by atoms with Crippen LogP contribution in [0.4, 0.5) is 0 Å². The number of aromatic nitrogens is 2. The number of carbonyl (C=O) groups is 1. The zero-order chi connectivity index (χ0) is 17.6. The highest BCUT2D eigenvalue weighted by Crippen LogP contribution is 2.21. The van der Waals surface area contributed by atoms with Crippen LogP contribution in [0.15, 0.2) is 36.7 Å². The Bertz CT molecular complexity index is 707. The molecule has 7 heteroatoms. The Hall–Kier alpha value is -1.69. The van der Waals surface area contributed by atoms with Crippen molar-refractivity contribution in [1.82, 2.24) is 14.9 Å². The summed E-state index contributed by atoms with van der Waals surface area (Å²) in [6, 6.07) is 6.96. The molecule has 0 aliphatic carbocycles. The predicted molar refractivity (Wildman–Crippen MR) is 96.3 cm³/mol. The number of hydrogen-bond acceptors (Lipinski definition) is 5. The molecule has 0 aromatic carbocycles. The standard InChI is InChI=1S/C18H19Cl2N3O2/c19-16-6-4-13(9-21-16)11-23-8-2-1-3-15(23)18(24)25-12-14-5-7-17(20)22-10-14/h4-7,9-10,15H,1-3,8,11-12H2. The van der Waals surface area contributed by atoms with Gasteiger partial charge in [-0.05, 0) is 37.1 Å². The Labute approximate surface area is 156 Å². The lowest BCUT2D eigenvalue weighted by atomic mass is 10.0. The molecule has 3 rings (SSSR count). The van der Waals surface area contributed by atoms with Crippen LogP contribution in [0.1, 0.15) is 30.4 Å². The Morgan fingerprint density at radius 3 is 2.40 bits per heavy atom. The quantitative estimate of drug-likeness (QED) is 0.582. The lowest BCUT2D eigenvalue weighted by Crippen LogP contribution is -2.44. The van der Waals surface area contributed by atoms with Crippen LogP contribution in [0.25, 0.3) is 0 Å². The lowest BCUT2D eigenvalue weighted by molar-refractivity contribution is -0.153. The van der Waals surface area contributed by atoms with Crippen LogP contribution >= 0.6 is 23.2 Å². The molecule has 0 saturated carbocycles. The Morgan fingerprint density at radius 1 is 1.08 bits per heavy atom. The third-order valence-corrected chi connectivity index (χ3v) is 4.68. The molecule has 5 nitrogen and oxygen atoms in total. The molecule has 1 aliphatic heterocycles. The maximum absolute atomic E-state index is 12.5. The van der Waals surface area contributed by atoms with Crippen molar-refractivity contribution in [3.8, 4) is 0 Å². The van der Waals surface area contributed by atoms with Gasteiger partial charge >= 0.3 is 5.97 Å². The summed E-state index contributed by atoms with van der Waals surface area (Å²) in [7, 11) is 0. The molecule has 2 aromatic rings. The van der Waals surface area contributed by atoms with E-state index in [1.807, 2.05) is 6.07 Å². The van der Waals surface area contributed by atoms with E-state index in [9.17, 15) is 4.79 Å². The highest BCUT2D eigenvalue weighted by Gasteiger charge is 2.30. The number of nitrogens with zero attached hydrogens (tertiary/aromatic N) is 3. The van der Waals surface area contributed by atoms with Crippen LogP contribution in [-0.2, 0) is 22.7 Å². The normalized spacial score (nSPS) is 18.1.